The molecule has 16 heavy (non-hydrogen) atoms. The van der Waals surface area contributed by atoms with Gasteiger partial charge in [-0.25, -0.2) is 9.97 Å². The van der Waals surface area contributed by atoms with Gasteiger partial charge in [0.25, 0.3) is 0 Å². The average Bonchev–Trinajstić information content (AvgIpc) is 2.28. The van der Waals surface area contributed by atoms with Gasteiger partial charge in [0.15, 0.2) is 0 Å². The van der Waals surface area contributed by atoms with Crippen LogP contribution in [0.2, 0.25) is 0 Å². The summed E-state index contributed by atoms with van der Waals surface area (Å²) in [5.41, 5.74) is 1.11. The molecule has 0 bridgehead atoms. The van der Waals surface area contributed by atoms with Crippen molar-refractivity contribution < 1.29 is 0 Å². The van der Waals surface area contributed by atoms with Crippen LogP contribution in [-0.4, -0.2) is 9.97 Å². The summed E-state index contributed by atoms with van der Waals surface area (Å²) in [6.45, 7) is 8.58. The molecule has 0 amide bonds. The molecule has 90 valence electrons. The van der Waals surface area contributed by atoms with Crippen LogP contribution in [-0.2, 0) is 0 Å². The first-order valence-electron chi connectivity index (χ1n) is 6.33. The van der Waals surface area contributed by atoms with Gasteiger partial charge >= 0.3 is 0 Å². The summed E-state index contributed by atoms with van der Waals surface area (Å²) in [5, 5.41) is 0. The van der Waals surface area contributed by atoms with Crippen LogP contribution in [0.15, 0.2) is 12.4 Å². The van der Waals surface area contributed by atoms with Crippen LogP contribution in [0.1, 0.15) is 50.9 Å². The van der Waals surface area contributed by atoms with E-state index < -0.39 is 0 Å². The minimum absolute atomic E-state index is 0.829. The number of aromatic nitrogens is 2. The van der Waals surface area contributed by atoms with E-state index in [0.29, 0.717) is 0 Å². The highest BCUT2D eigenvalue weighted by Crippen LogP contribution is 2.27. The molecule has 2 nitrogen and oxygen atoms in total. The summed E-state index contributed by atoms with van der Waals surface area (Å²) >= 11 is 0. The van der Waals surface area contributed by atoms with E-state index in [1.165, 1.54) is 25.7 Å². The van der Waals surface area contributed by atoms with Crippen LogP contribution < -0.4 is 0 Å². The Labute approximate surface area is 99.5 Å². The Balaban J connectivity index is 0.000000160. The Hall–Kier alpha value is -0.920. The van der Waals surface area contributed by atoms with E-state index in [1.807, 2.05) is 26.2 Å². The quantitative estimate of drug-likeness (QED) is 0.662. The van der Waals surface area contributed by atoms with Gasteiger partial charge < -0.3 is 0 Å². The lowest BCUT2D eigenvalue weighted by Crippen LogP contribution is -2.08. The number of hydrogen-bond acceptors (Lipinski definition) is 2. The second-order valence-corrected chi connectivity index (χ2v) is 5.17. The molecule has 0 atom stereocenters. The molecule has 1 saturated carbocycles. The van der Waals surface area contributed by atoms with Gasteiger partial charge in [-0.1, -0.05) is 39.5 Å². The maximum atomic E-state index is 3.97. The molecule has 1 aromatic heterocycles. The van der Waals surface area contributed by atoms with Crippen molar-refractivity contribution in [2.75, 3.05) is 0 Å². The Morgan fingerprint density at radius 1 is 0.875 bits per heavy atom. The zero-order valence-corrected chi connectivity index (χ0v) is 11.0. The van der Waals surface area contributed by atoms with E-state index in [9.17, 15) is 0 Å². The van der Waals surface area contributed by atoms with Crippen molar-refractivity contribution >= 4 is 0 Å². The number of nitrogens with zero attached hydrogens (tertiary/aromatic N) is 2. The van der Waals surface area contributed by atoms with Gasteiger partial charge in [-0.15, -0.1) is 0 Å². The molecule has 0 aromatic carbocycles. The Bertz CT molecular complexity index is 253. The molecule has 0 radical (unpaired) electrons. The molecule has 0 spiro atoms. The molecule has 0 saturated heterocycles. The maximum Gasteiger partial charge on any atom is 0.125 e. The SMILES string of the molecule is CC1CCC(C)CC1.Cc1cnc(C)nc1. The van der Waals surface area contributed by atoms with Gasteiger partial charge in [-0.3, -0.25) is 0 Å². The molecular formula is C14H24N2. The number of aryl methyl sites for hydroxylation is 2. The minimum Gasteiger partial charge on any atom is -0.241 e. The lowest BCUT2D eigenvalue weighted by Gasteiger charge is -2.22. The standard InChI is InChI=1S/C8H16.C6H8N2/c1-7-3-5-8(2)6-4-7;1-5-3-7-6(2)8-4-5/h7-8H,3-6H2,1-2H3;3-4H,1-2H3. The van der Waals surface area contributed by atoms with Gasteiger partial charge in [0.1, 0.15) is 5.82 Å². The fourth-order valence-corrected chi connectivity index (χ4v) is 1.88. The van der Waals surface area contributed by atoms with Crippen molar-refractivity contribution in [3.63, 3.8) is 0 Å². The fraction of sp³-hybridized carbons (Fsp3) is 0.714. The van der Waals surface area contributed by atoms with E-state index in [2.05, 4.69) is 23.8 Å². The second kappa shape index (κ2) is 6.62. The zero-order valence-electron chi connectivity index (χ0n) is 11.0. The smallest absolute Gasteiger partial charge is 0.125 e. The fourth-order valence-electron chi connectivity index (χ4n) is 1.88. The van der Waals surface area contributed by atoms with E-state index in [-0.39, 0.29) is 0 Å². The topological polar surface area (TPSA) is 25.8 Å². The second-order valence-electron chi connectivity index (χ2n) is 5.17. The average molecular weight is 220 g/mol. The third-order valence-corrected chi connectivity index (χ3v) is 3.21. The highest BCUT2D eigenvalue weighted by molar-refractivity contribution is 5.00. The van der Waals surface area contributed by atoms with Crippen molar-refractivity contribution in [3.05, 3.63) is 23.8 Å². The molecular weight excluding hydrogens is 196 g/mol. The largest absolute Gasteiger partial charge is 0.241 e. The first-order chi connectivity index (χ1) is 7.58. The first-order valence-corrected chi connectivity index (χ1v) is 6.33. The zero-order chi connectivity index (χ0) is 12.0. The van der Waals surface area contributed by atoms with Gasteiger partial charge in [0, 0.05) is 12.4 Å². The molecule has 0 N–H and O–H groups in total. The molecule has 1 aromatic rings. The van der Waals surface area contributed by atoms with Gasteiger partial charge in [0.05, 0.1) is 0 Å². The molecule has 1 heterocycles. The minimum atomic E-state index is 0.829. The van der Waals surface area contributed by atoms with Crippen molar-refractivity contribution in [2.24, 2.45) is 11.8 Å². The van der Waals surface area contributed by atoms with Gasteiger partial charge in [-0.2, -0.15) is 0 Å². The third kappa shape index (κ3) is 5.24. The van der Waals surface area contributed by atoms with Crippen LogP contribution in [0, 0.1) is 25.7 Å². The Morgan fingerprint density at radius 2 is 1.25 bits per heavy atom. The van der Waals surface area contributed by atoms with E-state index >= 15 is 0 Å². The molecule has 1 aliphatic carbocycles. The van der Waals surface area contributed by atoms with E-state index in [0.717, 1.165) is 23.2 Å². The highest BCUT2D eigenvalue weighted by atomic mass is 14.8. The lowest BCUT2D eigenvalue weighted by molar-refractivity contribution is 0.308. The van der Waals surface area contributed by atoms with Crippen LogP contribution in [0.25, 0.3) is 0 Å². The summed E-state index contributed by atoms with van der Waals surface area (Å²) in [5.74, 6) is 2.87. The monoisotopic (exact) mass is 220 g/mol. The van der Waals surface area contributed by atoms with Crippen molar-refractivity contribution in [2.45, 2.75) is 53.4 Å². The molecule has 0 aliphatic heterocycles. The van der Waals surface area contributed by atoms with Crippen LogP contribution >= 0.6 is 0 Å². The maximum absolute atomic E-state index is 3.97. The number of hydrogen-bond donors (Lipinski definition) is 0. The van der Waals surface area contributed by atoms with E-state index in [4.69, 9.17) is 0 Å². The molecule has 2 heteroatoms. The molecule has 2 rings (SSSR count). The summed E-state index contributed by atoms with van der Waals surface area (Å²) < 4.78 is 0. The first kappa shape index (κ1) is 13.1. The summed E-state index contributed by atoms with van der Waals surface area (Å²) in [4.78, 5) is 7.94. The van der Waals surface area contributed by atoms with Crippen molar-refractivity contribution in [1.29, 1.82) is 0 Å². The predicted molar refractivity (Wildman–Crippen MR) is 68.3 cm³/mol. The van der Waals surface area contributed by atoms with Crippen molar-refractivity contribution in [3.8, 4) is 0 Å². The third-order valence-electron chi connectivity index (χ3n) is 3.21. The normalized spacial score (nSPS) is 24.5. The lowest BCUT2D eigenvalue weighted by atomic mass is 9.84. The highest BCUT2D eigenvalue weighted by Gasteiger charge is 2.13. The van der Waals surface area contributed by atoms with Crippen LogP contribution in [0.5, 0.6) is 0 Å². The predicted octanol–water partition coefficient (Wildman–Crippen LogP) is 3.93. The summed E-state index contributed by atoms with van der Waals surface area (Å²) in [6, 6.07) is 0. The Morgan fingerprint density at radius 3 is 1.56 bits per heavy atom. The van der Waals surface area contributed by atoms with Crippen molar-refractivity contribution in [1.82, 2.24) is 9.97 Å². The van der Waals surface area contributed by atoms with Gasteiger partial charge in [0.2, 0.25) is 0 Å². The van der Waals surface area contributed by atoms with Crippen LogP contribution in [0.4, 0.5) is 0 Å². The summed E-state index contributed by atoms with van der Waals surface area (Å²) in [7, 11) is 0. The Kier molecular flexibility index (Phi) is 5.44. The number of rotatable bonds is 0. The molecule has 0 unspecified atom stereocenters. The summed E-state index contributed by atoms with van der Waals surface area (Å²) in [6.07, 6.45) is 9.51. The van der Waals surface area contributed by atoms with E-state index in [1.54, 1.807) is 0 Å². The van der Waals surface area contributed by atoms with Crippen LogP contribution in [0.3, 0.4) is 0 Å². The van der Waals surface area contributed by atoms with Gasteiger partial charge in [-0.05, 0) is 31.2 Å². The molecule has 1 fully saturated rings. The molecule has 1 aliphatic rings.